The molecule has 0 saturated carbocycles. The maximum absolute atomic E-state index is 11.9. The van der Waals surface area contributed by atoms with Gasteiger partial charge >= 0.3 is 0 Å². The first kappa shape index (κ1) is 12.2. The average molecular weight is 226 g/mol. The number of nitrogens with zero attached hydrogens (tertiary/aromatic N) is 1. The highest BCUT2D eigenvalue weighted by Gasteiger charge is 2.14. The second kappa shape index (κ2) is 5.86. The number of hydrogen-bond donors (Lipinski definition) is 0. The summed E-state index contributed by atoms with van der Waals surface area (Å²) in [6.07, 6.45) is 5.76. The molecule has 1 aromatic heterocycles. The van der Waals surface area contributed by atoms with Gasteiger partial charge in [-0.25, -0.2) is 0 Å². The molecule has 0 amide bonds. The van der Waals surface area contributed by atoms with Gasteiger partial charge < -0.3 is 0 Å². The third-order valence-electron chi connectivity index (χ3n) is 2.70. The van der Waals surface area contributed by atoms with Gasteiger partial charge in [0.25, 0.3) is 0 Å². The fraction of sp³-hybridized carbons (Fsp3) is 0.500. The molecule has 0 unspecified atom stereocenters. The summed E-state index contributed by atoms with van der Waals surface area (Å²) in [5.74, 6) is 0.581. The Bertz CT molecular complexity index is 334. The minimum absolute atomic E-state index is 0.121. The zero-order chi connectivity index (χ0) is 11.3. The van der Waals surface area contributed by atoms with E-state index in [1.807, 2.05) is 0 Å². The van der Waals surface area contributed by atoms with E-state index in [9.17, 15) is 4.79 Å². The first-order valence-corrected chi connectivity index (χ1v) is 5.69. The summed E-state index contributed by atoms with van der Waals surface area (Å²) in [6, 6.07) is 1.69. The Labute approximate surface area is 95.7 Å². The first-order chi connectivity index (χ1) is 7.19. The van der Waals surface area contributed by atoms with E-state index in [0.717, 1.165) is 12.8 Å². The molecule has 0 spiro atoms. The van der Waals surface area contributed by atoms with Gasteiger partial charge in [0.2, 0.25) is 0 Å². The first-order valence-electron chi connectivity index (χ1n) is 5.31. The van der Waals surface area contributed by atoms with E-state index in [2.05, 4.69) is 18.8 Å². The monoisotopic (exact) mass is 225 g/mol. The second-order valence-corrected chi connectivity index (χ2v) is 4.07. The molecule has 0 N–H and O–H groups in total. The molecular weight excluding hydrogens is 210 g/mol. The van der Waals surface area contributed by atoms with Gasteiger partial charge in [-0.05, 0) is 12.0 Å². The summed E-state index contributed by atoms with van der Waals surface area (Å²) in [7, 11) is 0. The van der Waals surface area contributed by atoms with Crippen molar-refractivity contribution in [2.75, 3.05) is 0 Å². The van der Waals surface area contributed by atoms with Crippen LogP contribution in [0.15, 0.2) is 18.5 Å². The van der Waals surface area contributed by atoms with E-state index in [1.54, 1.807) is 12.3 Å². The summed E-state index contributed by atoms with van der Waals surface area (Å²) in [5.41, 5.74) is 0.596. The summed E-state index contributed by atoms with van der Waals surface area (Å²) in [5, 5.41) is 0.452. The van der Waals surface area contributed by atoms with Gasteiger partial charge in [-0.3, -0.25) is 9.78 Å². The Kier molecular flexibility index (Phi) is 4.76. The van der Waals surface area contributed by atoms with Crippen LogP contribution in [0.5, 0.6) is 0 Å². The number of Topliss-reactive ketones (excluding diaryl/α,β-unsaturated/α-hetero) is 1. The smallest absolute Gasteiger partial charge is 0.164 e. The van der Waals surface area contributed by atoms with Crippen molar-refractivity contribution < 1.29 is 4.79 Å². The lowest BCUT2D eigenvalue weighted by Gasteiger charge is -2.11. The van der Waals surface area contributed by atoms with E-state index in [4.69, 9.17) is 11.6 Å². The topological polar surface area (TPSA) is 30.0 Å². The standard InChI is InChI=1S/C12H16ClNO/c1-3-9(4-2)7-12(15)10-5-6-14-8-11(10)13/h5-6,8-9H,3-4,7H2,1-2H3. The van der Waals surface area contributed by atoms with Crippen molar-refractivity contribution in [1.82, 2.24) is 4.98 Å². The molecule has 0 aliphatic rings. The highest BCUT2D eigenvalue weighted by atomic mass is 35.5. The molecule has 1 aromatic rings. The molecule has 0 aromatic carbocycles. The highest BCUT2D eigenvalue weighted by molar-refractivity contribution is 6.33. The van der Waals surface area contributed by atoms with Crippen LogP contribution in [0.25, 0.3) is 0 Å². The van der Waals surface area contributed by atoms with Crippen molar-refractivity contribution in [3.8, 4) is 0 Å². The summed E-state index contributed by atoms with van der Waals surface area (Å²) in [6.45, 7) is 4.21. The van der Waals surface area contributed by atoms with Crippen LogP contribution in [0.2, 0.25) is 5.02 Å². The molecule has 0 bridgehead atoms. The maximum atomic E-state index is 11.9. The SMILES string of the molecule is CCC(CC)CC(=O)c1ccncc1Cl. The molecule has 82 valence electrons. The maximum Gasteiger partial charge on any atom is 0.164 e. The molecule has 0 fully saturated rings. The molecule has 1 rings (SSSR count). The molecule has 0 atom stereocenters. The van der Waals surface area contributed by atoms with Crippen LogP contribution < -0.4 is 0 Å². The Morgan fingerprint density at radius 1 is 1.47 bits per heavy atom. The number of ketones is 1. The normalized spacial score (nSPS) is 10.7. The van der Waals surface area contributed by atoms with Gasteiger partial charge in [0, 0.05) is 24.4 Å². The van der Waals surface area contributed by atoms with Crippen LogP contribution in [-0.2, 0) is 0 Å². The van der Waals surface area contributed by atoms with Gasteiger partial charge in [0.1, 0.15) is 0 Å². The zero-order valence-corrected chi connectivity index (χ0v) is 9.92. The summed E-state index contributed by atoms with van der Waals surface area (Å²) < 4.78 is 0. The zero-order valence-electron chi connectivity index (χ0n) is 9.16. The van der Waals surface area contributed by atoms with Gasteiger partial charge in [-0.1, -0.05) is 38.3 Å². The van der Waals surface area contributed by atoms with Crippen molar-refractivity contribution in [2.45, 2.75) is 33.1 Å². The largest absolute Gasteiger partial charge is 0.294 e. The lowest BCUT2D eigenvalue weighted by Crippen LogP contribution is -2.08. The van der Waals surface area contributed by atoms with Crippen LogP contribution in [0, 0.1) is 5.92 Å². The molecule has 0 aliphatic carbocycles. The Hall–Kier alpha value is -0.890. The molecular formula is C12H16ClNO. The number of hydrogen-bond acceptors (Lipinski definition) is 2. The number of pyridine rings is 1. The fourth-order valence-electron chi connectivity index (χ4n) is 1.55. The predicted octanol–water partition coefficient (Wildman–Crippen LogP) is 3.74. The summed E-state index contributed by atoms with van der Waals surface area (Å²) >= 11 is 5.91. The predicted molar refractivity (Wildman–Crippen MR) is 62.3 cm³/mol. The third-order valence-corrected chi connectivity index (χ3v) is 3.00. The van der Waals surface area contributed by atoms with Gasteiger partial charge in [-0.15, -0.1) is 0 Å². The number of halogens is 1. The average Bonchev–Trinajstić information content (AvgIpc) is 2.26. The lowest BCUT2D eigenvalue weighted by atomic mass is 9.94. The molecule has 3 heteroatoms. The number of rotatable bonds is 5. The molecule has 0 aliphatic heterocycles. The van der Waals surface area contributed by atoms with E-state index < -0.39 is 0 Å². The minimum Gasteiger partial charge on any atom is -0.294 e. The number of carbonyl (C=O) groups excluding carboxylic acids is 1. The quantitative estimate of drug-likeness (QED) is 0.715. The fourth-order valence-corrected chi connectivity index (χ4v) is 1.78. The van der Waals surface area contributed by atoms with Crippen LogP contribution in [-0.4, -0.2) is 10.8 Å². The van der Waals surface area contributed by atoms with E-state index in [-0.39, 0.29) is 5.78 Å². The Morgan fingerprint density at radius 3 is 2.67 bits per heavy atom. The van der Waals surface area contributed by atoms with Crippen LogP contribution >= 0.6 is 11.6 Å². The second-order valence-electron chi connectivity index (χ2n) is 3.67. The Morgan fingerprint density at radius 2 is 2.13 bits per heavy atom. The Balaban J connectivity index is 2.73. The van der Waals surface area contributed by atoms with E-state index >= 15 is 0 Å². The van der Waals surface area contributed by atoms with E-state index in [1.165, 1.54) is 6.20 Å². The van der Waals surface area contributed by atoms with Gasteiger partial charge in [0.15, 0.2) is 5.78 Å². The van der Waals surface area contributed by atoms with Crippen molar-refractivity contribution >= 4 is 17.4 Å². The van der Waals surface area contributed by atoms with Crippen LogP contribution in [0.4, 0.5) is 0 Å². The van der Waals surface area contributed by atoms with Crippen molar-refractivity contribution in [3.63, 3.8) is 0 Å². The molecule has 1 heterocycles. The highest BCUT2D eigenvalue weighted by Crippen LogP contribution is 2.20. The minimum atomic E-state index is 0.121. The van der Waals surface area contributed by atoms with Crippen molar-refractivity contribution in [3.05, 3.63) is 29.0 Å². The molecule has 2 nitrogen and oxygen atoms in total. The van der Waals surface area contributed by atoms with Crippen LogP contribution in [0.3, 0.4) is 0 Å². The van der Waals surface area contributed by atoms with Crippen LogP contribution in [0.1, 0.15) is 43.5 Å². The van der Waals surface area contributed by atoms with Crippen molar-refractivity contribution in [1.29, 1.82) is 0 Å². The third kappa shape index (κ3) is 3.31. The van der Waals surface area contributed by atoms with Crippen molar-refractivity contribution in [2.24, 2.45) is 5.92 Å². The summed E-state index contributed by atoms with van der Waals surface area (Å²) in [4.78, 5) is 15.7. The molecule has 0 saturated heterocycles. The van der Waals surface area contributed by atoms with Gasteiger partial charge in [0.05, 0.1) is 5.02 Å². The molecule has 15 heavy (non-hydrogen) atoms. The van der Waals surface area contributed by atoms with Gasteiger partial charge in [-0.2, -0.15) is 0 Å². The van der Waals surface area contributed by atoms with E-state index in [0.29, 0.717) is 22.9 Å². The lowest BCUT2D eigenvalue weighted by molar-refractivity contribution is 0.0959. The molecule has 0 radical (unpaired) electrons. The number of carbonyl (C=O) groups is 1. The number of aromatic nitrogens is 1.